The van der Waals surface area contributed by atoms with Crippen molar-refractivity contribution in [3.63, 3.8) is 0 Å². The van der Waals surface area contributed by atoms with Gasteiger partial charge >= 0.3 is 11.9 Å². The summed E-state index contributed by atoms with van der Waals surface area (Å²) in [6, 6.07) is -11.3. The van der Waals surface area contributed by atoms with E-state index in [1.807, 2.05) is 0 Å². The quantitative estimate of drug-likeness (QED) is 0.0413. The Labute approximate surface area is 305 Å². The van der Waals surface area contributed by atoms with Gasteiger partial charge in [-0.05, 0) is 25.2 Å². The van der Waals surface area contributed by atoms with Crippen molar-refractivity contribution >= 4 is 53.3 Å². The summed E-state index contributed by atoms with van der Waals surface area (Å²) in [5, 5.41) is 61.3. The van der Waals surface area contributed by atoms with Gasteiger partial charge in [0.1, 0.15) is 36.3 Å². The third kappa shape index (κ3) is 16.5. The van der Waals surface area contributed by atoms with Crippen LogP contribution in [0.1, 0.15) is 66.7 Å². The van der Waals surface area contributed by atoms with Crippen molar-refractivity contribution in [2.75, 3.05) is 13.2 Å². The van der Waals surface area contributed by atoms with Gasteiger partial charge in [-0.3, -0.25) is 38.4 Å². The SMILES string of the molecule is CC[C@H](C)[C@H](N)C(=O)N[C@@H](CO)C(=O)N[C@@H](CO)C(=O)N[C@H](C(=O)N[C@@H](CC(N)=O)C(=O)N[C@@H](CCC(=O)O)C(=O)N[C@H](C(=O)O)[C@@H](C)CC)[C@@H](C)O. The van der Waals surface area contributed by atoms with Crippen LogP contribution in [0.25, 0.3) is 0 Å². The first-order valence-electron chi connectivity index (χ1n) is 16.9. The summed E-state index contributed by atoms with van der Waals surface area (Å²) in [5.74, 6) is -11.5. The van der Waals surface area contributed by atoms with E-state index in [2.05, 4.69) is 31.9 Å². The maximum Gasteiger partial charge on any atom is 0.326 e. The molecule has 0 saturated carbocycles. The molecule has 0 rings (SSSR count). The highest BCUT2D eigenvalue weighted by Gasteiger charge is 2.36. The molecule has 22 nitrogen and oxygen atoms in total. The molecule has 10 atom stereocenters. The zero-order chi connectivity index (χ0) is 41.2. The molecule has 0 aromatic carbocycles. The van der Waals surface area contributed by atoms with Crippen LogP contribution in [0.5, 0.6) is 0 Å². The molecule has 0 aromatic rings. The van der Waals surface area contributed by atoms with Crippen molar-refractivity contribution in [1.29, 1.82) is 0 Å². The average Bonchev–Trinajstić information content (AvgIpc) is 3.09. The fraction of sp³-hybridized carbons (Fsp3) is 0.710. The van der Waals surface area contributed by atoms with Gasteiger partial charge in [0, 0.05) is 6.42 Å². The molecule has 0 aromatic heterocycles. The van der Waals surface area contributed by atoms with Crippen LogP contribution in [0.4, 0.5) is 0 Å². The van der Waals surface area contributed by atoms with E-state index in [1.165, 1.54) is 6.92 Å². The molecular formula is C31H54N8O14. The molecule has 0 spiro atoms. The van der Waals surface area contributed by atoms with E-state index in [-0.39, 0.29) is 5.92 Å². The van der Waals surface area contributed by atoms with Crippen LogP contribution < -0.4 is 43.4 Å². The lowest BCUT2D eigenvalue weighted by Gasteiger charge is -2.28. The Hall–Kier alpha value is -4.93. The minimum absolute atomic E-state index is 0.283. The van der Waals surface area contributed by atoms with E-state index in [9.17, 15) is 63.6 Å². The molecule has 15 N–H and O–H groups in total. The Morgan fingerprint density at radius 2 is 1.00 bits per heavy atom. The number of aliphatic carboxylic acids is 2. The van der Waals surface area contributed by atoms with E-state index >= 15 is 0 Å². The van der Waals surface area contributed by atoms with Gasteiger partial charge in [-0.25, -0.2) is 4.79 Å². The van der Waals surface area contributed by atoms with Gasteiger partial charge in [-0.1, -0.05) is 40.5 Å². The lowest BCUT2D eigenvalue weighted by molar-refractivity contribution is -0.144. The topological polar surface area (TPSA) is 379 Å². The highest BCUT2D eigenvalue weighted by molar-refractivity contribution is 5.98. The first-order valence-corrected chi connectivity index (χ1v) is 16.9. The van der Waals surface area contributed by atoms with Crippen LogP contribution in [0.15, 0.2) is 0 Å². The normalized spacial score (nSPS) is 16.7. The van der Waals surface area contributed by atoms with Gasteiger partial charge in [0.05, 0.1) is 31.8 Å². The number of carboxylic acid groups (broad SMARTS) is 2. The molecule has 0 aliphatic carbocycles. The summed E-state index contributed by atoms with van der Waals surface area (Å²) >= 11 is 0. The second-order valence-electron chi connectivity index (χ2n) is 12.6. The maximum absolute atomic E-state index is 13.3. The van der Waals surface area contributed by atoms with Gasteiger partial charge in [-0.2, -0.15) is 0 Å². The molecule has 0 radical (unpaired) electrons. The van der Waals surface area contributed by atoms with E-state index in [4.69, 9.17) is 16.6 Å². The maximum atomic E-state index is 13.3. The largest absolute Gasteiger partial charge is 0.481 e. The molecule has 0 bridgehead atoms. The number of aliphatic hydroxyl groups excluding tert-OH is 3. The first-order chi connectivity index (χ1) is 24.6. The van der Waals surface area contributed by atoms with Crippen molar-refractivity contribution in [3.05, 3.63) is 0 Å². The standard InChI is InChI=1S/C31H54N8O14/c1-6-13(3)22(33)29(50)37-18(11-40)27(48)36-19(12-41)28(49)39-24(15(5)42)30(51)35-17(10-20(32)43)26(47)34-16(8-9-21(44)45)25(46)38-23(31(52)53)14(4)7-2/h13-19,22-24,40-42H,6-12,33H2,1-5H3,(H2,32,43)(H,34,47)(H,35,51)(H,36,48)(H,37,50)(H,38,46)(H,39,49)(H,44,45)(H,52,53)/t13-,14-,15+,16-,17-,18-,19-,22-,23-,24-/m0/s1. The Kier molecular flexibility index (Phi) is 21.4. The Morgan fingerprint density at radius 3 is 1.43 bits per heavy atom. The number of rotatable bonds is 25. The Balaban J connectivity index is 6.04. The molecular weight excluding hydrogens is 708 g/mol. The average molecular weight is 763 g/mol. The van der Waals surface area contributed by atoms with Gasteiger partial charge < -0.3 is 68.9 Å². The van der Waals surface area contributed by atoms with Crippen LogP contribution in [0.3, 0.4) is 0 Å². The second-order valence-corrected chi connectivity index (χ2v) is 12.6. The summed E-state index contributed by atoms with van der Waals surface area (Å²) in [6.07, 6.45) is -2.97. The summed E-state index contributed by atoms with van der Waals surface area (Å²) < 4.78 is 0. The highest BCUT2D eigenvalue weighted by atomic mass is 16.4. The van der Waals surface area contributed by atoms with Gasteiger partial charge in [0.25, 0.3) is 0 Å². The number of carboxylic acids is 2. The van der Waals surface area contributed by atoms with Crippen LogP contribution in [-0.2, 0) is 43.2 Å². The lowest BCUT2D eigenvalue weighted by atomic mass is 9.98. The molecule has 0 unspecified atom stereocenters. The summed E-state index contributed by atoms with van der Waals surface area (Å²) in [4.78, 5) is 113. The number of aliphatic hydroxyl groups is 3. The smallest absolute Gasteiger partial charge is 0.326 e. The summed E-state index contributed by atoms with van der Waals surface area (Å²) in [7, 11) is 0. The van der Waals surface area contributed by atoms with Crippen LogP contribution in [0, 0.1) is 11.8 Å². The lowest BCUT2D eigenvalue weighted by Crippen LogP contribution is -2.62. The second kappa shape index (κ2) is 23.6. The molecule has 0 aliphatic rings. The number of amides is 7. The van der Waals surface area contributed by atoms with Gasteiger partial charge in [-0.15, -0.1) is 0 Å². The molecule has 0 aliphatic heterocycles. The molecule has 0 heterocycles. The molecule has 0 fully saturated rings. The van der Waals surface area contributed by atoms with Crippen LogP contribution in [0.2, 0.25) is 0 Å². The third-order valence-electron chi connectivity index (χ3n) is 8.35. The Morgan fingerprint density at radius 1 is 0.585 bits per heavy atom. The molecule has 22 heteroatoms. The van der Waals surface area contributed by atoms with E-state index in [1.54, 1.807) is 20.8 Å². The van der Waals surface area contributed by atoms with Crippen molar-refractivity contribution < 1.29 is 68.7 Å². The molecule has 7 amide bonds. The number of nitrogens with two attached hydrogens (primary N) is 2. The van der Waals surface area contributed by atoms with Crippen LogP contribution in [-0.4, -0.2) is 140 Å². The predicted molar refractivity (Wildman–Crippen MR) is 183 cm³/mol. The zero-order valence-electron chi connectivity index (χ0n) is 30.3. The number of primary amides is 1. The summed E-state index contributed by atoms with van der Waals surface area (Å²) in [6.45, 7) is 5.71. The minimum Gasteiger partial charge on any atom is -0.481 e. The molecule has 53 heavy (non-hydrogen) atoms. The van der Waals surface area contributed by atoms with Crippen molar-refractivity contribution in [2.45, 2.75) is 115 Å². The fourth-order valence-corrected chi connectivity index (χ4v) is 4.52. The van der Waals surface area contributed by atoms with Gasteiger partial charge in [0.15, 0.2) is 0 Å². The number of carbonyl (C=O) groups is 9. The highest BCUT2D eigenvalue weighted by Crippen LogP contribution is 2.10. The van der Waals surface area contributed by atoms with Crippen molar-refractivity contribution in [2.24, 2.45) is 23.3 Å². The first kappa shape index (κ1) is 48.1. The van der Waals surface area contributed by atoms with E-state index < -0.39 is 140 Å². The molecule has 0 saturated heterocycles. The van der Waals surface area contributed by atoms with E-state index in [0.29, 0.717) is 12.8 Å². The number of hydrogen-bond donors (Lipinski definition) is 13. The van der Waals surface area contributed by atoms with E-state index in [0.717, 1.165) is 6.92 Å². The monoisotopic (exact) mass is 762 g/mol. The van der Waals surface area contributed by atoms with Crippen molar-refractivity contribution in [1.82, 2.24) is 31.9 Å². The Bertz CT molecular complexity index is 1320. The third-order valence-corrected chi connectivity index (χ3v) is 8.35. The van der Waals surface area contributed by atoms with Crippen LogP contribution >= 0.6 is 0 Å². The van der Waals surface area contributed by atoms with Crippen molar-refractivity contribution in [3.8, 4) is 0 Å². The predicted octanol–water partition coefficient (Wildman–Crippen LogP) is -5.50. The number of nitrogens with one attached hydrogen (secondary N) is 6. The zero-order valence-corrected chi connectivity index (χ0v) is 30.3. The molecule has 302 valence electrons. The minimum atomic E-state index is -1.92. The van der Waals surface area contributed by atoms with Gasteiger partial charge in [0.2, 0.25) is 41.4 Å². The number of hydrogen-bond acceptors (Lipinski definition) is 13. The summed E-state index contributed by atoms with van der Waals surface area (Å²) in [5.41, 5.74) is 11.1. The fourth-order valence-electron chi connectivity index (χ4n) is 4.52. The number of carbonyl (C=O) groups excluding carboxylic acids is 7.